The first kappa shape index (κ1) is 15.7. The van der Waals surface area contributed by atoms with Crippen LogP contribution in [0.4, 0.5) is 0 Å². The molecule has 1 heterocycles. The van der Waals surface area contributed by atoms with E-state index in [1.807, 2.05) is 12.1 Å². The molecule has 0 unspecified atom stereocenters. The summed E-state index contributed by atoms with van der Waals surface area (Å²) >= 11 is 4.89. The van der Waals surface area contributed by atoms with E-state index >= 15 is 0 Å². The molecule has 0 atom stereocenters. The van der Waals surface area contributed by atoms with E-state index in [1.165, 1.54) is 0 Å². The monoisotopic (exact) mass is 308 g/mol. The molecule has 6 heteroatoms. The van der Waals surface area contributed by atoms with Crippen LogP contribution in [0.5, 0.6) is 5.75 Å². The van der Waals surface area contributed by atoms with Crippen molar-refractivity contribution in [2.75, 3.05) is 33.4 Å². The number of fused-ring (bicyclic) bond motifs is 1. The summed E-state index contributed by atoms with van der Waals surface area (Å²) in [6.45, 7) is 2.19. The van der Waals surface area contributed by atoms with Gasteiger partial charge in [-0.2, -0.15) is 0 Å². The van der Waals surface area contributed by atoms with Gasteiger partial charge in [-0.05, 0) is 23.8 Å². The summed E-state index contributed by atoms with van der Waals surface area (Å²) < 4.78 is 10.5. The molecule has 0 saturated carbocycles. The Morgan fingerprint density at radius 1 is 1.48 bits per heavy atom. The summed E-state index contributed by atoms with van der Waals surface area (Å²) in [6.07, 6.45) is 1.36. The van der Waals surface area contributed by atoms with E-state index in [0.717, 1.165) is 17.7 Å². The Labute approximate surface area is 130 Å². The average molecular weight is 308 g/mol. The highest BCUT2D eigenvalue weighted by atomic mass is 32.1. The van der Waals surface area contributed by atoms with Gasteiger partial charge < -0.3 is 20.1 Å². The van der Waals surface area contributed by atoms with Crippen molar-refractivity contribution >= 4 is 23.1 Å². The standard InChI is InChI=1S/C15H20N2O3S/c1-19-9-7-17(6-4-14(16)21)15(18)12-2-3-13-11(10-12)5-8-20-13/h2-3,10H,4-9H2,1H3,(H2,16,21). The predicted octanol–water partition coefficient (Wildman–Crippen LogP) is 1.39. The number of carbonyl (C=O) groups is 1. The van der Waals surface area contributed by atoms with Crippen LogP contribution in [0.3, 0.4) is 0 Å². The van der Waals surface area contributed by atoms with Crippen molar-refractivity contribution in [2.45, 2.75) is 12.8 Å². The molecule has 1 aromatic rings. The maximum atomic E-state index is 12.6. The molecule has 2 N–H and O–H groups in total. The van der Waals surface area contributed by atoms with E-state index < -0.39 is 0 Å². The summed E-state index contributed by atoms with van der Waals surface area (Å²) in [7, 11) is 1.61. The summed E-state index contributed by atoms with van der Waals surface area (Å²) in [6, 6.07) is 5.57. The van der Waals surface area contributed by atoms with Crippen molar-refractivity contribution in [1.29, 1.82) is 0 Å². The Morgan fingerprint density at radius 2 is 2.29 bits per heavy atom. The van der Waals surface area contributed by atoms with Crippen LogP contribution in [-0.4, -0.2) is 49.2 Å². The Bertz CT molecular complexity index is 534. The molecular formula is C15H20N2O3S. The number of nitrogens with two attached hydrogens (primary N) is 1. The number of thiocarbonyl (C=S) groups is 1. The minimum absolute atomic E-state index is 0.0296. The van der Waals surface area contributed by atoms with Gasteiger partial charge in [0.2, 0.25) is 0 Å². The minimum atomic E-state index is -0.0296. The van der Waals surface area contributed by atoms with Gasteiger partial charge in [0.1, 0.15) is 5.75 Å². The molecule has 0 aliphatic carbocycles. The lowest BCUT2D eigenvalue weighted by Crippen LogP contribution is -2.36. The van der Waals surface area contributed by atoms with Crippen LogP contribution in [0.1, 0.15) is 22.3 Å². The second-order valence-electron chi connectivity index (χ2n) is 4.92. The first-order chi connectivity index (χ1) is 10.1. The second kappa shape index (κ2) is 7.38. The number of ether oxygens (including phenoxy) is 2. The van der Waals surface area contributed by atoms with Gasteiger partial charge in [0, 0.05) is 38.6 Å². The number of amides is 1. The van der Waals surface area contributed by atoms with Crippen LogP contribution >= 0.6 is 12.2 Å². The zero-order valence-electron chi connectivity index (χ0n) is 12.1. The minimum Gasteiger partial charge on any atom is -0.493 e. The first-order valence-electron chi connectivity index (χ1n) is 6.94. The molecule has 0 saturated heterocycles. The fraction of sp³-hybridized carbons (Fsp3) is 0.467. The Hall–Kier alpha value is -1.66. The molecule has 0 spiro atoms. The van der Waals surface area contributed by atoms with E-state index in [4.69, 9.17) is 27.4 Å². The largest absolute Gasteiger partial charge is 0.493 e. The fourth-order valence-corrected chi connectivity index (χ4v) is 2.35. The van der Waals surface area contributed by atoms with Gasteiger partial charge in [-0.1, -0.05) is 12.2 Å². The number of benzene rings is 1. The van der Waals surface area contributed by atoms with Crippen molar-refractivity contribution in [3.63, 3.8) is 0 Å². The quantitative estimate of drug-likeness (QED) is 0.771. The molecule has 1 aliphatic rings. The molecule has 5 nitrogen and oxygen atoms in total. The zero-order chi connectivity index (χ0) is 15.2. The number of hydrogen-bond acceptors (Lipinski definition) is 4. The third kappa shape index (κ3) is 4.15. The van der Waals surface area contributed by atoms with Crippen molar-refractivity contribution < 1.29 is 14.3 Å². The second-order valence-corrected chi connectivity index (χ2v) is 5.45. The van der Waals surface area contributed by atoms with E-state index in [0.29, 0.717) is 43.3 Å². The van der Waals surface area contributed by atoms with Crippen LogP contribution in [0.2, 0.25) is 0 Å². The molecule has 0 aromatic heterocycles. The zero-order valence-corrected chi connectivity index (χ0v) is 12.9. The topological polar surface area (TPSA) is 64.8 Å². The van der Waals surface area contributed by atoms with E-state index in [2.05, 4.69) is 0 Å². The molecule has 0 radical (unpaired) electrons. The highest BCUT2D eigenvalue weighted by Crippen LogP contribution is 2.26. The third-order valence-electron chi connectivity index (χ3n) is 3.42. The van der Waals surface area contributed by atoms with Gasteiger partial charge in [-0.3, -0.25) is 4.79 Å². The van der Waals surface area contributed by atoms with Gasteiger partial charge >= 0.3 is 0 Å². The molecule has 1 amide bonds. The Balaban J connectivity index is 2.10. The van der Waals surface area contributed by atoms with Crippen molar-refractivity contribution in [3.05, 3.63) is 29.3 Å². The van der Waals surface area contributed by atoms with Crippen molar-refractivity contribution in [3.8, 4) is 5.75 Å². The maximum Gasteiger partial charge on any atom is 0.253 e. The SMILES string of the molecule is COCCN(CCC(N)=S)C(=O)c1ccc2c(c1)CCO2. The highest BCUT2D eigenvalue weighted by molar-refractivity contribution is 7.80. The number of methoxy groups -OCH3 is 1. The number of hydrogen-bond donors (Lipinski definition) is 1. The highest BCUT2D eigenvalue weighted by Gasteiger charge is 2.19. The van der Waals surface area contributed by atoms with Gasteiger partial charge in [-0.15, -0.1) is 0 Å². The lowest BCUT2D eigenvalue weighted by molar-refractivity contribution is 0.0701. The average Bonchev–Trinajstić information content (AvgIpc) is 2.93. The molecule has 0 bridgehead atoms. The molecule has 2 rings (SSSR count). The van der Waals surface area contributed by atoms with Crippen molar-refractivity contribution in [2.24, 2.45) is 5.73 Å². The summed E-state index contributed by atoms with van der Waals surface area (Å²) in [5, 5.41) is 0. The van der Waals surface area contributed by atoms with Crippen LogP contribution in [0.25, 0.3) is 0 Å². The molecular weight excluding hydrogens is 288 g/mol. The van der Waals surface area contributed by atoms with Crippen LogP contribution in [-0.2, 0) is 11.2 Å². The fourth-order valence-electron chi connectivity index (χ4n) is 2.26. The van der Waals surface area contributed by atoms with Gasteiger partial charge in [0.15, 0.2) is 0 Å². The van der Waals surface area contributed by atoms with E-state index in [-0.39, 0.29) is 5.91 Å². The van der Waals surface area contributed by atoms with E-state index in [1.54, 1.807) is 18.1 Å². The molecule has 21 heavy (non-hydrogen) atoms. The number of rotatable bonds is 7. The van der Waals surface area contributed by atoms with Crippen molar-refractivity contribution in [1.82, 2.24) is 4.90 Å². The smallest absolute Gasteiger partial charge is 0.253 e. The maximum absolute atomic E-state index is 12.6. The lowest BCUT2D eigenvalue weighted by atomic mass is 10.1. The normalized spacial score (nSPS) is 12.6. The Morgan fingerprint density at radius 3 is 3.00 bits per heavy atom. The number of nitrogens with zero attached hydrogens (tertiary/aromatic N) is 1. The van der Waals surface area contributed by atoms with E-state index in [9.17, 15) is 4.79 Å². The van der Waals surface area contributed by atoms with Crippen LogP contribution in [0.15, 0.2) is 18.2 Å². The number of carbonyl (C=O) groups excluding carboxylic acids is 1. The lowest BCUT2D eigenvalue weighted by Gasteiger charge is -2.22. The summed E-state index contributed by atoms with van der Waals surface area (Å²) in [5.74, 6) is 0.844. The molecule has 114 valence electrons. The van der Waals surface area contributed by atoms with Gasteiger partial charge in [0.05, 0.1) is 18.2 Å². The molecule has 0 fully saturated rings. The van der Waals surface area contributed by atoms with Gasteiger partial charge in [0.25, 0.3) is 5.91 Å². The first-order valence-corrected chi connectivity index (χ1v) is 7.35. The van der Waals surface area contributed by atoms with Crippen LogP contribution < -0.4 is 10.5 Å². The van der Waals surface area contributed by atoms with Gasteiger partial charge in [-0.25, -0.2) is 0 Å². The molecule has 1 aliphatic heterocycles. The Kier molecular flexibility index (Phi) is 5.52. The van der Waals surface area contributed by atoms with Crippen LogP contribution in [0, 0.1) is 0 Å². The molecule has 1 aromatic carbocycles. The summed E-state index contributed by atoms with van der Waals surface area (Å²) in [5.41, 5.74) is 7.28. The predicted molar refractivity (Wildman–Crippen MR) is 84.8 cm³/mol. The summed E-state index contributed by atoms with van der Waals surface area (Å²) in [4.78, 5) is 14.7. The third-order valence-corrected chi connectivity index (χ3v) is 3.62.